The number of hydrogen-bond acceptors (Lipinski definition) is 6. The van der Waals surface area contributed by atoms with Gasteiger partial charge in [0.1, 0.15) is 0 Å². The molecule has 0 saturated carbocycles. The van der Waals surface area contributed by atoms with Crippen LogP contribution in [0.4, 0.5) is 4.79 Å². The third-order valence-electron chi connectivity index (χ3n) is 4.57. The third-order valence-corrected chi connectivity index (χ3v) is 4.57. The summed E-state index contributed by atoms with van der Waals surface area (Å²) in [6.45, 7) is 1.50. The van der Waals surface area contributed by atoms with Gasteiger partial charge in [0.2, 0.25) is 0 Å². The number of carbonyl (C=O) groups excluding carboxylic acids is 5. The largest absolute Gasteiger partial charge is 0.456 e. The van der Waals surface area contributed by atoms with Crippen LogP contribution >= 0.6 is 0 Å². The maximum Gasteiger partial charge on any atom is 0.321 e. The van der Waals surface area contributed by atoms with E-state index in [1.807, 2.05) is 17.4 Å². The minimum atomic E-state index is -0.750. The maximum atomic E-state index is 12.8. The highest BCUT2D eigenvalue weighted by atomic mass is 16.5. The lowest BCUT2D eigenvalue weighted by Gasteiger charge is -2.27. The smallest absolute Gasteiger partial charge is 0.321 e. The number of ether oxygens (including phenoxy) is 1. The molecular weight excluding hydrogens is 390 g/mol. The molecule has 0 unspecified atom stereocenters. The molecular formula is C21H21N3O6. The van der Waals surface area contributed by atoms with Crippen LogP contribution in [0.15, 0.2) is 36.4 Å². The van der Waals surface area contributed by atoms with Gasteiger partial charge in [-0.25, -0.2) is 4.79 Å². The minimum Gasteiger partial charge on any atom is -0.456 e. The van der Waals surface area contributed by atoms with Crippen LogP contribution in [0.1, 0.15) is 40.5 Å². The normalized spacial score (nSPS) is 12.6. The van der Waals surface area contributed by atoms with Gasteiger partial charge in [-0.1, -0.05) is 24.3 Å². The quantitative estimate of drug-likeness (QED) is 0.527. The number of hydrogen-bond donors (Lipinski definition) is 2. The second kappa shape index (κ2) is 9.17. The predicted molar refractivity (Wildman–Crippen MR) is 107 cm³/mol. The summed E-state index contributed by atoms with van der Waals surface area (Å²) in [5.41, 5.74) is 0.902. The van der Waals surface area contributed by atoms with Gasteiger partial charge >= 0.3 is 12.0 Å². The second-order valence-corrected chi connectivity index (χ2v) is 6.64. The Morgan fingerprint density at radius 1 is 1.00 bits per heavy atom. The number of urea groups is 1. The first-order valence-electron chi connectivity index (χ1n) is 9.53. The van der Waals surface area contributed by atoms with Gasteiger partial charge in [0, 0.05) is 36.0 Å². The number of carbonyl (C=O) groups is 5. The van der Waals surface area contributed by atoms with E-state index in [0.717, 1.165) is 10.3 Å². The zero-order valence-electron chi connectivity index (χ0n) is 16.4. The fraction of sp³-hybridized carbons (Fsp3) is 0.286. The van der Waals surface area contributed by atoms with Crippen molar-refractivity contribution in [2.75, 3.05) is 19.7 Å². The molecule has 2 N–H and O–H groups in total. The summed E-state index contributed by atoms with van der Waals surface area (Å²) in [6, 6.07) is 9.89. The van der Waals surface area contributed by atoms with Crippen molar-refractivity contribution in [3.8, 4) is 0 Å². The van der Waals surface area contributed by atoms with E-state index in [-0.39, 0.29) is 19.4 Å². The fourth-order valence-electron chi connectivity index (χ4n) is 3.25. The van der Waals surface area contributed by atoms with Gasteiger partial charge in [-0.05, 0) is 30.9 Å². The second-order valence-electron chi connectivity index (χ2n) is 6.64. The molecule has 9 nitrogen and oxygen atoms in total. The van der Waals surface area contributed by atoms with Crippen molar-refractivity contribution in [2.45, 2.75) is 19.8 Å². The number of imide groups is 2. The summed E-state index contributed by atoms with van der Waals surface area (Å²) in [5, 5.41) is 5.85. The monoisotopic (exact) mass is 411 g/mol. The first-order valence-corrected chi connectivity index (χ1v) is 9.53. The number of esters is 1. The van der Waals surface area contributed by atoms with Crippen LogP contribution in [0, 0.1) is 0 Å². The van der Waals surface area contributed by atoms with Crippen molar-refractivity contribution in [1.82, 2.24) is 15.5 Å². The summed E-state index contributed by atoms with van der Waals surface area (Å²) < 4.78 is 4.81. The molecule has 3 rings (SSSR count). The molecule has 2 aromatic carbocycles. The topological polar surface area (TPSA) is 122 Å². The Bertz CT molecular complexity index is 982. The van der Waals surface area contributed by atoms with Gasteiger partial charge in [0.25, 0.3) is 17.7 Å². The molecule has 0 aliphatic carbocycles. The first-order chi connectivity index (χ1) is 14.4. The summed E-state index contributed by atoms with van der Waals surface area (Å²) >= 11 is 0. The molecule has 1 heterocycles. The molecule has 0 aromatic heterocycles. The Morgan fingerprint density at radius 2 is 1.63 bits per heavy atom. The Balaban J connectivity index is 1.52. The van der Waals surface area contributed by atoms with Crippen molar-refractivity contribution >= 4 is 40.5 Å². The molecule has 1 aliphatic rings. The van der Waals surface area contributed by atoms with E-state index in [0.29, 0.717) is 23.1 Å². The molecule has 1 aliphatic heterocycles. The molecule has 2 aromatic rings. The van der Waals surface area contributed by atoms with Gasteiger partial charge < -0.3 is 10.1 Å². The average molecular weight is 411 g/mol. The molecule has 5 amide bonds. The summed E-state index contributed by atoms with van der Waals surface area (Å²) in [4.78, 5) is 61.2. The number of nitrogens with one attached hydrogen (secondary N) is 2. The summed E-state index contributed by atoms with van der Waals surface area (Å²) in [5.74, 6) is -2.22. The number of rotatable bonds is 7. The van der Waals surface area contributed by atoms with Crippen molar-refractivity contribution in [2.24, 2.45) is 0 Å². The van der Waals surface area contributed by atoms with E-state index in [1.54, 1.807) is 31.2 Å². The van der Waals surface area contributed by atoms with Crippen LogP contribution in [-0.2, 0) is 14.3 Å². The van der Waals surface area contributed by atoms with E-state index in [9.17, 15) is 24.0 Å². The van der Waals surface area contributed by atoms with Gasteiger partial charge in [0.05, 0.1) is 0 Å². The summed E-state index contributed by atoms with van der Waals surface area (Å²) in [6.07, 6.45) is 0.101. The molecule has 0 radical (unpaired) electrons. The number of nitrogens with zero attached hydrogens (tertiary/aromatic N) is 1. The van der Waals surface area contributed by atoms with Gasteiger partial charge in [-0.2, -0.15) is 0 Å². The molecule has 0 bridgehead atoms. The molecule has 0 fully saturated rings. The van der Waals surface area contributed by atoms with E-state index in [1.165, 1.54) is 0 Å². The van der Waals surface area contributed by atoms with E-state index in [4.69, 9.17) is 4.74 Å². The van der Waals surface area contributed by atoms with Crippen molar-refractivity contribution in [1.29, 1.82) is 0 Å². The minimum absolute atomic E-state index is 0.0442. The molecule has 0 spiro atoms. The zero-order chi connectivity index (χ0) is 21.7. The SMILES string of the molecule is CCNC(=O)NC(=O)COC(=O)CCCN1C(=O)c2cccc3cccc(c23)C1=O. The van der Waals surface area contributed by atoms with E-state index in [2.05, 4.69) is 5.32 Å². The van der Waals surface area contributed by atoms with Crippen LogP contribution in [0.3, 0.4) is 0 Å². The molecule has 9 heteroatoms. The molecule has 0 atom stereocenters. The highest BCUT2D eigenvalue weighted by Crippen LogP contribution is 2.30. The van der Waals surface area contributed by atoms with Crippen LogP contribution in [0.2, 0.25) is 0 Å². The average Bonchev–Trinajstić information content (AvgIpc) is 2.73. The van der Waals surface area contributed by atoms with Crippen molar-refractivity contribution in [3.05, 3.63) is 47.5 Å². The maximum absolute atomic E-state index is 12.8. The van der Waals surface area contributed by atoms with Crippen LogP contribution in [-0.4, -0.2) is 54.3 Å². The Morgan fingerprint density at radius 3 is 2.23 bits per heavy atom. The van der Waals surface area contributed by atoms with Gasteiger partial charge in [-0.15, -0.1) is 0 Å². The third kappa shape index (κ3) is 4.45. The standard InChI is InChI=1S/C21H21N3O6/c1-2-22-21(29)23-16(25)12-30-17(26)10-5-11-24-19(27)14-8-3-6-13-7-4-9-15(18(13)14)20(24)28/h3-4,6-9H,2,5,10-12H2,1H3,(H2,22,23,25,29). The van der Waals surface area contributed by atoms with Crippen LogP contribution < -0.4 is 10.6 Å². The Hall–Kier alpha value is -3.75. The fourth-order valence-corrected chi connectivity index (χ4v) is 3.25. The Labute approximate surface area is 172 Å². The lowest BCUT2D eigenvalue weighted by atomic mass is 9.94. The summed E-state index contributed by atoms with van der Waals surface area (Å²) in [7, 11) is 0. The van der Waals surface area contributed by atoms with E-state index >= 15 is 0 Å². The molecule has 30 heavy (non-hydrogen) atoms. The van der Waals surface area contributed by atoms with Gasteiger partial charge in [0.15, 0.2) is 6.61 Å². The highest BCUT2D eigenvalue weighted by molar-refractivity contribution is 6.25. The highest BCUT2D eigenvalue weighted by Gasteiger charge is 2.32. The van der Waals surface area contributed by atoms with Gasteiger partial charge in [-0.3, -0.25) is 29.4 Å². The first kappa shape index (κ1) is 21.0. The number of amides is 5. The van der Waals surface area contributed by atoms with Crippen LogP contribution in [0.5, 0.6) is 0 Å². The molecule has 0 saturated heterocycles. The predicted octanol–water partition coefficient (Wildman–Crippen LogP) is 1.60. The lowest BCUT2D eigenvalue weighted by Crippen LogP contribution is -2.41. The van der Waals surface area contributed by atoms with Crippen molar-refractivity contribution in [3.63, 3.8) is 0 Å². The molecule has 156 valence electrons. The van der Waals surface area contributed by atoms with E-state index < -0.39 is 36.3 Å². The lowest BCUT2D eigenvalue weighted by molar-refractivity contribution is -0.148. The van der Waals surface area contributed by atoms with Crippen molar-refractivity contribution < 1.29 is 28.7 Å². The Kier molecular flexibility index (Phi) is 6.41. The number of benzene rings is 2. The van der Waals surface area contributed by atoms with Crippen LogP contribution in [0.25, 0.3) is 10.8 Å². The zero-order valence-corrected chi connectivity index (χ0v) is 16.4.